The van der Waals surface area contributed by atoms with Gasteiger partial charge in [-0.3, -0.25) is 0 Å². The fourth-order valence-corrected chi connectivity index (χ4v) is 0. The van der Waals surface area contributed by atoms with Gasteiger partial charge in [0.15, 0.2) is 0 Å². The molecule has 0 aliphatic rings. The molecule has 0 bridgehead atoms. The third kappa shape index (κ3) is 9.13. The van der Waals surface area contributed by atoms with Crippen molar-refractivity contribution in [1.29, 1.82) is 0 Å². The summed E-state index contributed by atoms with van der Waals surface area (Å²) in [6.07, 6.45) is 0. The molecule has 0 N–H and O–H groups in total. The van der Waals surface area contributed by atoms with Crippen molar-refractivity contribution < 1.29 is 2.85 Å². The Labute approximate surface area is 112 Å². The molecule has 0 aromatic heterocycles. The fourth-order valence-electron chi connectivity index (χ4n) is 0. The Hall–Kier alpha value is 3.58. The maximum absolute atomic E-state index is 0. The second-order valence-corrected chi connectivity index (χ2v) is 0. The predicted molar refractivity (Wildman–Crippen MR) is 36.8 cm³/mol. The van der Waals surface area contributed by atoms with E-state index < -0.39 is 0 Å². The van der Waals surface area contributed by atoms with Gasteiger partial charge in [-0.25, -0.2) is 0 Å². The molecule has 4 heavy (non-hydrogen) atoms. The van der Waals surface area contributed by atoms with Crippen molar-refractivity contribution >= 4 is 112 Å². The average Bonchev–Trinajstić information content (AvgIpc) is 0. The van der Waals surface area contributed by atoms with E-state index in [4.69, 9.17) is 0 Å². The Balaban J connectivity index is 0. The van der Waals surface area contributed by atoms with E-state index in [1.54, 1.807) is 0 Å². The molecule has 0 amide bonds. The van der Waals surface area contributed by atoms with Gasteiger partial charge < -0.3 is 2.85 Å². The second kappa shape index (κ2) is 16.0. The van der Waals surface area contributed by atoms with Crippen molar-refractivity contribution in [3.63, 3.8) is 0 Å². The fraction of sp³-hybridized carbons (Fsp3) is 0. The summed E-state index contributed by atoms with van der Waals surface area (Å²) in [5, 5.41) is 0. The van der Waals surface area contributed by atoms with Crippen LogP contribution in [-0.4, -0.2) is 98.4 Å². The molecular weight excluding hydrogens is 412 g/mol. The molecule has 0 spiro atoms. The molecule has 26 valence electrons. The van der Waals surface area contributed by atoms with Gasteiger partial charge in [-0.05, 0) is 0 Å². The van der Waals surface area contributed by atoms with Crippen LogP contribution in [0.15, 0.2) is 0 Å². The minimum atomic E-state index is 0. The topological polar surface area (TPSA) is 0 Å². The van der Waals surface area contributed by atoms with Gasteiger partial charge >= 0.3 is 98.4 Å². The first-order chi connectivity index (χ1) is 0. The van der Waals surface area contributed by atoms with Crippen LogP contribution in [-0.2, 0) is 0 Å². The van der Waals surface area contributed by atoms with Gasteiger partial charge in [0.25, 0.3) is 0 Å². The van der Waals surface area contributed by atoms with Crippen LogP contribution in [0.2, 0.25) is 0 Å². The monoisotopic (exact) mass is 424 g/mol. The van der Waals surface area contributed by atoms with E-state index in [2.05, 4.69) is 0 Å². The quantitative estimate of drug-likeness (QED) is 0.392. The Bertz CT molecular complexity index is 13.5. The second-order valence-electron chi connectivity index (χ2n) is 0. The van der Waals surface area contributed by atoms with E-state index in [9.17, 15) is 0 Å². The zero-order valence-electron chi connectivity index (χ0n) is 3.71. The molecule has 0 nitrogen and oxygen atoms in total. The molecule has 0 rings (SSSR count). The molecule has 0 aliphatic carbocycles. The molecule has 0 heterocycles. The van der Waals surface area contributed by atoms with E-state index in [1.165, 1.54) is 0 Å². The van der Waals surface area contributed by atoms with Crippen molar-refractivity contribution in [1.82, 2.24) is 0 Å². The van der Waals surface area contributed by atoms with Gasteiger partial charge in [0, 0.05) is 0 Å². The third-order valence-corrected chi connectivity index (χ3v) is 0. The average molecular weight is 421 g/mol. The molecular formula is H9BaInSTe. The number of hydrogen-bond acceptors (Lipinski definition) is 0. The molecule has 0 aromatic carbocycles. The molecule has 0 aromatic rings. The first-order valence-electron chi connectivity index (χ1n) is 0. The summed E-state index contributed by atoms with van der Waals surface area (Å²) in [6, 6.07) is 0. The summed E-state index contributed by atoms with van der Waals surface area (Å²) < 4.78 is 0. The normalized spacial score (nSPS) is 0. The Kier molecular flexibility index (Phi) is 102. The van der Waals surface area contributed by atoms with Gasteiger partial charge in [0.1, 0.15) is 0 Å². The molecule has 0 atom stereocenters. The maximum atomic E-state index is 0. The first-order valence-corrected chi connectivity index (χ1v) is 0. The van der Waals surface area contributed by atoms with Crippen LogP contribution in [0, 0.1) is 0 Å². The number of rotatable bonds is 0. The molecule has 0 saturated carbocycles. The van der Waals surface area contributed by atoms with E-state index in [0.717, 1.165) is 0 Å². The summed E-state index contributed by atoms with van der Waals surface area (Å²) in [4.78, 5) is 0. The predicted octanol–water partition coefficient (Wildman–Crippen LogP) is -2.14. The van der Waals surface area contributed by atoms with Crippen LogP contribution >= 0.6 is 13.5 Å². The SMILES string of the molecule is S.[Ba+2].[H-].[H-].[InH3].[TeH2]. The van der Waals surface area contributed by atoms with Gasteiger partial charge in [-0.15, -0.1) is 0 Å². The zero-order valence-corrected chi connectivity index (χ0v) is 10.0. The molecule has 0 saturated heterocycles. The van der Waals surface area contributed by atoms with E-state index in [1.807, 2.05) is 0 Å². The summed E-state index contributed by atoms with van der Waals surface area (Å²) in [7, 11) is 0. The Morgan fingerprint density at radius 2 is 1.25 bits per heavy atom. The van der Waals surface area contributed by atoms with Crippen molar-refractivity contribution in [2.45, 2.75) is 0 Å². The van der Waals surface area contributed by atoms with Crippen molar-refractivity contribution in [3.05, 3.63) is 0 Å². The summed E-state index contributed by atoms with van der Waals surface area (Å²) in [5.74, 6) is 0. The van der Waals surface area contributed by atoms with Gasteiger partial charge in [0.05, 0.1) is 0 Å². The van der Waals surface area contributed by atoms with Crippen LogP contribution < -0.4 is 0 Å². The Morgan fingerprint density at radius 3 is 1.25 bits per heavy atom. The first kappa shape index (κ1) is 25.6. The Morgan fingerprint density at radius 1 is 1.25 bits per heavy atom. The molecule has 0 radical (unpaired) electrons. The van der Waals surface area contributed by atoms with E-state index >= 15 is 0 Å². The van der Waals surface area contributed by atoms with Crippen LogP contribution in [0.4, 0.5) is 0 Å². The molecule has 0 unspecified atom stereocenters. The third-order valence-electron chi connectivity index (χ3n) is 0. The number of hydrogen-bond donors (Lipinski definition) is 0. The van der Waals surface area contributed by atoms with Crippen LogP contribution in [0.25, 0.3) is 0 Å². The summed E-state index contributed by atoms with van der Waals surface area (Å²) >= 11 is 0. The summed E-state index contributed by atoms with van der Waals surface area (Å²) in [5.41, 5.74) is 0. The molecule has 4 heteroatoms. The standard InChI is InChI=1S/Ba.In.H2S.H2Te.5H/h;;2*1H2;;;;;/q+2;;;;;;;2*-1. The van der Waals surface area contributed by atoms with Crippen LogP contribution in [0.3, 0.4) is 0 Å². The minimum absolute atomic E-state index is 0. The zero-order chi connectivity index (χ0) is 0. The van der Waals surface area contributed by atoms with Gasteiger partial charge in [-0.1, -0.05) is 0 Å². The van der Waals surface area contributed by atoms with Crippen molar-refractivity contribution in [2.24, 2.45) is 0 Å². The molecule has 0 aliphatic heterocycles. The molecule has 0 fully saturated rings. The van der Waals surface area contributed by atoms with Crippen LogP contribution in [0.5, 0.6) is 0 Å². The van der Waals surface area contributed by atoms with Crippen molar-refractivity contribution in [2.75, 3.05) is 0 Å². The van der Waals surface area contributed by atoms with Crippen LogP contribution in [0.1, 0.15) is 2.85 Å². The van der Waals surface area contributed by atoms with Gasteiger partial charge in [-0.2, -0.15) is 13.5 Å². The van der Waals surface area contributed by atoms with Gasteiger partial charge in [0.2, 0.25) is 0 Å². The summed E-state index contributed by atoms with van der Waals surface area (Å²) in [6.45, 7) is 0. The van der Waals surface area contributed by atoms with Crippen molar-refractivity contribution in [3.8, 4) is 0 Å². The van der Waals surface area contributed by atoms with E-state index in [0.29, 0.717) is 0 Å². The van der Waals surface area contributed by atoms with E-state index in [-0.39, 0.29) is 115 Å².